The number of nitrogens with two attached hydrogens (primary N) is 1. The Kier molecular flexibility index (Phi) is 5.00. The van der Waals surface area contributed by atoms with Gasteiger partial charge in [0.15, 0.2) is 0 Å². The molecule has 0 aromatic heterocycles. The van der Waals surface area contributed by atoms with Crippen LogP contribution >= 0.6 is 0 Å². The van der Waals surface area contributed by atoms with Gasteiger partial charge in [0.05, 0.1) is 0 Å². The molecular formula is C13H21NOS. The smallest absolute Gasteiger partial charge is 0.0489 e. The predicted molar refractivity (Wildman–Crippen MR) is 71.8 cm³/mol. The Hall–Kier alpha value is -0.830. The average Bonchev–Trinajstić information content (AvgIpc) is 2.24. The van der Waals surface area contributed by atoms with Crippen LogP contribution in [0.25, 0.3) is 0 Å². The molecule has 0 amide bonds. The molecule has 0 aliphatic rings. The van der Waals surface area contributed by atoms with Crippen molar-refractivity contribution in [3.05, 3.63) is 29.3 Å². The second-order valence-corrected chi connectivity index (χ2v) is 5.90. The van der Waals surface area contributed by atoms with Gasteiger partial charge in [-0.05, 0) is 30.0 Å². The van der Waals surface area contributed by atoms with Gasteiger partial charge in [0.25, 0.3) is 0 Å². The fourth-order valence-electron chi connectivity index (χ4n) is 1.53. The third-order valence-corrected chi connectivity index (χ3v) is 4.55. The molecule has 0 spiro atoms. The Morgan fingerprint density at radius 2 is 2.12 bits per heavy atom. The molecule has 2 N–H and O–H groups in total. The molecule has 0 saturated heterocycles. The van der Waals surface area contributed by atoms with E-state index < -0.39 is 10.8 Å². The lowest BCUT2D eigenvalue weighted by atomic mass is 10.1. The minimum atomic E-state index is -0.775. The molecule has 0 bridgehead atoms. The van der Waals surface area contributed by atoms with E-state index in [-0.39, 0.29) is 0 Å². The monoisotopic (exact) mass is 239 g/mol. The van der Waals surface area contributed by atoms with Crippen LogP contribution in [0.5, 0.6) is 0 Å². The van der Waals surface area contributed by atoms with Crippen molar-refractivity contribution >= 4 is 16.5 Å². The van der Waals surface area contributed by atoms with Crippen molar-refractivity contribution in [3.8, 4) is 0 Å². The molecule has 3 heteroatoms. The third-order valence-electron chi connectivity index (χ3n) is 2.97. The van der Waals surface area contributed by atoms with E-state index in [1.807, 2.05) is 25.1 Å². The maximum Gasteiger partial charge on any atom is 0.0489 e. The molecule has 0 fully saturated rings. The zero-order valence-corrected chi connectivity index (χ0v) is 11.1. The molecule has 0 saturated carbocycles. The van der Waals surface area contributed by atoms with E-state index in [0.29, 0.717) is 11.7 Å². The van der Waals surface area contributed by atoms with Gasteiger partial charge in [0, 0.05) is 28.0 Å². The summed E-state index contributed by atoms with van der Waals surface area (Å²) in [5, 5.41) is 0. The number of nitrogen functional groups attached to an aromatic ring is 1. The lowest BCUT2D eigenvalue weighted by Gasteiger charge is -2.10. The predicted octanol–water partition coefficient (Wildman–Crippen LogP) is 2.87. The molecule has 1 aromatic rings. The minimum Gasteiger partial charge on any atom is -0.399 e. The molecule has 0 aliphatic carbocycles. The van der Waals surface area contributed by atoms with Crippen LogP contribution in [0, 0.1) is 12.8 Å². The topological polar surface area (TPSA) is 43.1 Å². The molecule has 0 aliphatic heterocycles. The number of benzene rings is 1. The second-order valence-electron chi connectivity index (χ2n) is 4.40. The SMILES string of the molecule is CCC(C)CS(=O)Cc1cccc(N)c1C. The van der Waals surface area contributed by atoms with Crippen molar-refractivity contribution in [3.63, 3.8) is 0 Å². The first kappa shape index (κ1) is 13.2. The van der Waals surface area contributed by atoms with Crippen LogP contribution in [0.3, 0.4) is 0 Å². The Bertz CT molecular complexity index is 376. The number of anilines is 1. The minimum absolute atomic E-state index is 0.530. The first-order valence-corrected chi connectivity index (χ1v) is 7.22. The highest BCUT2D eigenvalue weighted by Gasteiger charge is 2.09. The number of rotatable bonds is 5. The third kappa shape index (κ3) is 3.63. The van der Waals surface area contributed by atoms with Crippen LogP contribution in [0.1, 0.15) is 31.4 Å². The van der Waals surface area contributed by atoms with Crippen molar-refractivity contribution in [2.75, 3.05) is 11.5 Å². The van der Waals surface area contributed by atoms with E-state index in [2.05, 4.69) is 13.8 Å². The summed E-state index contributed by atoms with van der Waals surface area (Å²) in [5.74, 6) is 1.94. The van der Waals surface area contributed by atoms with Gasteiger partial charge in [-0.25, -0.2) is 0 Å². The van der Waals surface area contributed by atoms with Gasteiger partial charge < -0.3 is 5.73 Å². The molecule has 2 atom stereocenters. The quantitative estimate of drug-likeness (QED) is 0.803. The highest BCUT2D eigenvalue weighted by Crippen LogP contribution is 2.18. The molecule has 1 aromatic carbocycles. The van der Waals surface area contributed by atoms with E-state index in [4.69, 9.17) is 5.73 Å². The van der Waals surface area contributed by atoms with Crippen molar-refractivity contribution in [1.82, 2.24) is 0 Å². The lowest BCUT2D eigenvalue weighted by molar-refractivity contribution is 0.615. The highest BCUT2D eigenvalue weighted by atomic mass is 32.2. The van der Waals surface area contributed by atoms with E-state index in [1.54, 1.807) is 0 Å². The molecule has 2 unspecified atom stereocenters. The Balaban J connectivity index is 2.66. The van der Waals surface area contributed by atoms with Crippen molar-refractivity contribution in [1.29, 1.82) is 0 Å². The molecule has 0 heterocycles. The van der Waals surface area contributed by atoms with E-state index in [9.17, 15) is 4.21 Å². The molecule has 90 valence electrons. The molecular weight excluding hydrogens is 218 g/mol. The van der Waals surface area contributed by atoms with Crippen molar-refractivity contribution in [2.24, 2.45) is 5.92 Å². The molecule has 2 nitrogen and oxygen atoms in total. The Morgan fingerprint density at radius 3 is 2.75 bits per heavy atom. The highest BCUT2D eigenvalue weighted by molar-refractivity contribution is 7.84. The summed E-state index contributed by atoms with van der Waals surface area (Å²) in [4.78, 5) is 0. The summed E-state index contributed by atoms with van der Waals surface area (Å²) < 4.78 is 11.9. The first-order chi connectivity index (χ1) is 7.54. The normalized spacial score (nSPS) is 14.7. The maximum absolute atomic E-state index is 11.9. The maximum atomic E-state index is 11.9. The zero-order valence-electron chi connectivity index (χ0n) is 10.3. The van der Waals surface area contributed by atoms with Gasteiger partial charge in [0.2, 0.25) is 0 Å². The first-order valence-electron chi connectivity index (χ1n) is 5.73. The standard InChI is InChI=1S/C13H21NOS/c1-4-10(2)8-16(15)9-12-6-5-7-13(14)11(12)3/h5-7,10H,4,8-9,14H2,1-3H3. The fraction of sp³-hybridized carbons (Fsp3) is 0.538. The lowest BCUT2D eigenvalue weighted by Crippen LogP contribution is -2.09. The molecule has 0 radical (unpaired) electrons. The molecule has 16 heavy (non-hydrogen) atoms. The van der Waals surface area contributed by atoms with E-state index >= 15 is 0 Å². The van der Waals surface area contributed by atoms with Crippen LogP contribution in [-0.2, 0) is 16.6 Å². The summed E-state index contributed by atoms with van der Waals surface area (Å²) in [6.45, 7) is 6.27. The van der Waals surface area contributed by atoms with Crippen LogP contribution < -0.4 is 5.73 Å². The zero-order chi connectivity index (χ0) is 12.1. The summed E-state index contributed by atoms with van der Waals surface area (Å²) in [5.41, 5.74) is 8.80. The van der Waals surface area contributed by atoms with Crippen LogP contribution in [0.15, 0.2) is 18.2 Å². The number of hydrogen-bond donors (Lipinski definition) is 1. The molecule has 1 rings (SSSR count). The van der Waals surface area contributed by atoms with Crippen LogP contribution in [0.2, 0.25) is 0 Å². The van der Waals surface area contributed by atoms with E-state index in [0.717, 1.165) is 29.0 Å². The van der Waals surface area contributed by atoms with Crippen molar-refractivity contribution < 1.29 is 4.21 Å². The van der Waals surface area contributed by atoms with Crippen molar-refractivity contribution in [2.45, 2.75) is 32.9 Å². The summed E-state index contributed by atoms with van der Waals surface area (Å²) in [6.07, 6.45) is 1.08. The van der Waals surface area contributed by atoms with Gasteiger partial charge in [-0.1, -0.05) is 32.4 Å². The van der Waals surface area contributed by atoms with Gasteiger partial charge in [0.1, 0.15) is 0 Å². The average molecular weight is 239 g/mol. The van der Waals surface area contributed by atoms with Gasteiger partial charge in [-0.2, -0.15) is 0 Å². The Morgan fingerprint density at radius 1 is 1.44 bits per heavy atom. The summed E-state index contributed by atoms with van der Waals surface area (Å²) in [6, 6.07) is 5.83. The largest absolute Gasteiger partial charge is 0.399 e. The van der Waals surface area contributed by atoms with E-state index in [1.165, 1.54) is 0 Å². The van der Waals surface area contributed by atoms with Gasteiger partial charge in [-0.15, -0.1) is 0 Å². The summed E-state index contributed by atoms with van der Waals surface area (Å²) in [7, 11) is -0.775. The summed E-state index contributed by atoms with van der Waals surface area (Å²) >= 11 is 0. The van der Waals surface area contributed by atoms with Gasteiger partial charge >= 0.3 is 0 Å². The number of hydrogen-bond acceptors (Lipinski definition) is 2. The van der Waals surface area contributed by atoms with Crippen LogP contribution in [0.4, 0.5) is 5.69 Å². The Labute approximate surface area is 101 Å². The van der Waals surface area contributed by atoms with Gasteiger partial charge in [-0.3, -0.25) is 4.21 Å². The van der Waals surface area contributed by atoms with Crippen LogP contribution in [-0.4, -0.2) is 9.96 Å². The fourth-order valence-corrected chi connectivity index (χ4v) is 3.18. The second kappa shape index (κ2) is 6.04.